The lowest BCUT2D eigenvalue weighted by Crippen LogP contribution is -2.40. The Hall–Kier alpha value is -2.47. The van der Waals surface area contributed by atoms with E-state index in [1.54, 1.807) is 32.0 Å². The minimum atomic E-state index is -1.29. The van der Waals surface area contributed by atoms with Crippen LogP contribution < -0.4 is 15.4 Å². The molecule has 130 valence electrons. The molecular weight excluding hydrogens is 308 g/mol. The van der Waals surface area contributed by atoms with E-state index in [-0.39, 0.29) is 6.54 Å². The van der Waals surface area contributed by atoms with Gasteiger partial charge in [0, 0.05) is 0 Å². The number of carbonyl (C=O) groups is 1. The molecule has 0 aliphatic heterocycles. The quantitative estimate of drug-likeness (QED) is 0.757. The van der Waals surface area contributed by atoms with Gasteiger partial charge in [-0.05, 0) is 57.5 Å². The summed E-state index contributed by atoms with van der Waals surface area (Å²) in [7, 11) is 0. The Morgan fingerprint density at radius 2 is 2.04 bits per heavy atom. The molecule has 24 heavy (non-hydrogen) atoms. The maximum atomic E-state index is 12.1. The molecule has 6 heteroatoms. The smallest absolute Gasteiger partial charge is 0.319 e. The molecule has 3 N–H and O–H groups in total. The summed E-state index contributed by atoms with van der Waals surface area (Å²) in [5.74, 6) is 1.72. The second-order valence-electron chi connectivity index (χ2n) is 5.92. The van der Waals surface area contributed by atoms with Gasteiger partial charge in [0.15, 0.2) is 0 Å². The standard InChI is InChI=1S/C18H24N2O4/c1-5-23-15-10-12(2)6-8-14(15)20-17(21)19-11-18(4,22)16-9-7-13(3)24-16/h6-10,22H,5,11H2,1-4H3,(H2,19,20,21). The number of hydrogen-bond acceptors (Lipinski definition) is 4. The van der Waals surface area contributed by atoms with Crippen LogP contribution in [0, 0.1) is 13.8 Å². The van der Waals surface area contributed by atoms with E-state index in [0.29, 0.717) is 29.6 Å². The molecule has 0 saturated heterocycles. The zero-order valence-corrected chi connectivity index (χ0v) is 14.5. The van der Waals surface area contributed by atoms with Crippen LogP contribution in [0.3, 0.4) is 0 Å². The number of benzene rings is 1. The third-order valence-corrected chi connectivity index (χ3v) is 3.55. The maximum Gasteiger partial charge on any atom is 0.319 e. The summed E-state index contributed by atoms with van der Waals surface area (Å²) >= 11 is 0. The monoisotopic (exact) mass is 332 g/mol. The van der Waals surface area contributed by atoms with Crippen LogP contribution >= 0.6 is 0 Å². The van der Waals surface area contributed by atoms with Crippen molar-refractivity contribution >= 4 is 11.7 Å². The van der Waals surface area contributed by atoms with Gasteiger partial charge < -0.3 is 24.9 Å². The number of aryl methyl sites for hydroxylation is 2. The Balaban J connectivity index is 1.98. The van der Waals surface area contributed by atoms with Gasteiger partial charge in [-0.2, -0.15) is 0 Å². The van der Waals surface area contributed by atoms with Crippen molar-refractivity contribution in [1.82, 2.24) is 5.32 Å². The zero-order valence-electron chi connectivity index (χ0n) is 14.5. The van der Waals surface area contributed by atoms with Crippen LogP contribution in [-0.2, 0) is 5.60 Å². The van der Waals surface area contributed by atoms with E-state index in [1.165, 1.54) is 0 Å². The molecule has 2 amide bonds. The van der Waals surface area contributed by atoms with Gasteiger partial charge in [0.05, 0.1) is 18.8 Å². The van der Waals surface area contributed by atoms with E-state index in [2.05, 4.69) is 10.6 Å². The third-order valence-electron chi connectivity index (χ3n) is 3.55. The molecule has 0 aliphatic rings. The van der Waals surface area contributed by atoms with Crippen LogP contribution in [0.4, 0.5) is 10.5 Å². The summed E-state index contributed by atoms with van der Waals surface area (Å²) in [5.41, 5.74) is 0.329. The minimum Gasteiger partial charge on any atom is -0.492 e. The molecule has 2 rings (SSSR count). The molecule has 0 fully saturated rings. The number of furan rings is 1. The highest BCUT2D eigenvalue weighted by Gasteiger charge is 2.27. The number of amides is 2. The number of urea groups is 1. The molecule has 1 heterocycles. The van der Waals surface area contributed by atoms with Gasteiger partial charge in [-0.15, -0.1) is 0 Å². The summed E-state index contributed by atoms with van der Waals surface area (Å²) in [6.45, 7) is 7.74. The summed E-state index contributed by atoms with van der Waals surface area (Å²) in [5, 5.41) is 15.8. The Bertz CT molecular complexity index is 707. The van der Waals surface area contributed by atoms with Gasteiger partial charge in [-0.3, -0.25) is 0 Å². The van der Waals surface area contributed by atoms with Crippen LogP contribution in [0.25, 0.3) is 0 Å². The Morgan fingerprint density at radius 1 is 1.29 bits per heavy atom. The molecule has 1 unspecified atom stereocenters. The van der Waals surface area contributed by atoms with E-state index in [4.69, 9.17) is 9.15 Å². The fraction of sp³-hybridized carbons (Fsp3) is 0.389. The van der Waals surface area contributed by atoms with Crippen molar-refractivity contribution in [1.29, 1.82) is 0 Å². The van der Waals surface area contributed by atoms with Crippen LogP contribution in [0.15, 0.2) is 34.7 Å². The molecule has 1 atom stereocenters. The second kappa shape index (κ2) is 7.40. The average Bonchev–Trinajstić information content (AvgIpc) is 2.96. The highest BCUT2D eigenvalue weighted by Crippen LogP contribution is 2.26. The predicted molar refractivity (Wildman–Crippen MR) is 92.4 cm³/mol. The highest BCUT2D eigenvalue weighted by molar-refractivity contribution is 5.91. The van der Waals surface area contributed by atoms with Gasteiger partial charge in [0.2, 0.25) is 0 Å². The van der Waals surface area contributed by atoms with E-state index in [1.807, 2.05) is 26.0 Å². The molecule has 1 aromatic heterocycles. The number of aliphatic hydroxyl groups is 1. The van der Waals surface area contributed by atoms with Crippen LogP contribution in [0.1, 0.15) is 30.9 Å². The van der Waals surface area contributed by atoms with Crippen molar-refractivity contribution in [2.24, 2.45) is 0 Å². The van der Waals surface area contributed by atoms with Crippen molar-refractivity contribution < 1.29 is 19.1 Å². The number of carbonyl (C=O) groups excluding carboxylic acids is 1. The molecule has 6 nitrogen and oxygen atoms in total. The molecule has 0 bridgehead atoms. The van der Waals surface area contributed by atoms with Crippen LogP contribution in [0.5, 0.6) is 5.75 Å². The molecule has 0 aliphatic carbocycles. The van der Waals surface area contributed by atoms with Crippen molar-refractivity contribution in [3.05, 3.63) is 47.4 Å². The first-order valence-electron chi connectivity index (χ1n) is 7.89. The first-order valence-corrected chi connectivity index (χ1v) is 7.89. The van der Waals surface area contributed by atoms with E-state index < -0.39 is 11.6 Å². The number of rotatable bonds is 6. The van der Waals surface area contributed by atoms with Crippen LogP contribution in [-0.4, -0.2) is 24.3 Å². The average molecular weight is 332 g/mol. The number of hydrogen-bond donors (Lipinski definition) is 3. The van der Waals surface area contributed by atoms with Gasteiger partial charge in [0.1, 0.15) is 22.9 Å². The molecule has 1 aromatic carbocycles. The molecule has 0 radical (unpaired) electrons. The predicted octanol–water partition coefficient (Wildman–Crippen LogP) is 3.32. The highest BCUT2D eigenvalue weighted by atomic mass is 16.5. The Kier molecular flexibility index (Phi) is 5.51. The Labute approximate surface area is 141 Å². The van der Waals surface area contributed by atoms with Crippen molar-refractivity contribution in [2.75, 3.05) is 18.5 Å². The fourth-order valence-corrected chi connectivity index (χ4v) is 2.24. The van der Waals surface area contributed by atoms with E-state index >= 15 is 0 Å². The van der Waals surface area contributed by atoms with Gasteiger partial charge in [-0.25, -0.2) is 4.79 Å². The molecule has 0 saturated carbocycles. The number of nitrogens with one attached hydrogen (secondary N) is 2. The van der Waals surface area contributed by atoms with Crippen molar-refractivity contribution in [3.8, 4) is 5.75 Å². The lowest BCUT2D eigenvalue weighted by molar-refractivity contribution is 0.0364. The maximum absolute atomic E-state index is 12.1. The summed E-state index contributed by atoms with van der Waals surface area (Å²) in [4.78, 5) is 12.1. The molecule has 0 spiro atoms. The van der Waals surface area contributed by atoms with E-state index in [9.17, 15) is 9.90 Å². The normalized spacial score (nSPS) is 13.2. The number of anilines is 1. The van der Waals surface area contributed by atoms with Gasteiger partial charge >= 0.3 is 6.03 Å². The molecular formula is C18H24N2O4. The first kappa shape index (κ1) is 17.9. The fourth-order valence-electron chi connectivity index (χ4n) is 2.24. The SMILES string of the molecule is CCOc1cc(C)ccc1NC(=O)NCC(C)(O)c1ccc(C)o1. The third kappa shape index (κ3) is 4.52. The largest absolute Gasteiger partial charge is 0.492 e. The van der Waals surface area contributed by atoms with Crippen molar-refractivity contribution in [2.45, 2.75) is 33.3 Å². The van der Waals surface area contributed by atoms with Gasteiger partial charge in [-0.1, -0.05) is 6.07 Å². The second-order valence-corrected chi connectivity index (χ2v) is 5.92. The Morgan fingerprint density at radius 3 is 2.67 bits per heavy atom. The van der Waals surface area contributed by atoms with E-state index in [0.717, 1.165) is 5.56 Å². The summed E-state index contributed by atoms with van der Waals surface area (Å²) in [6, 6.07) is 8.57. The zero-order chi connectivity index (χ0) is 17.7. The lowest BCUT2D eigenvalue weighted by Gasteiger charge is -2.21. The lowest BCUT2D eigenvalue weighted by atomic mass is 10.0. The topological polar surface area (TPSA) is 83.7 Å². The number of ether oxygens (including phenoxy) is 1. The summed E-state index contributed by atoms with van der Waals surface area (Å²) < 4.78 is 11.0. The van der Waals surface area contributed by atoms with Gasteiger partial charge in [0.25, 0.3) is 0 Å². The first-order chi connectivity index (χ1) is 11.3. The minimum absolute atomic E-state index is 0.0155. The molecule has 2 aromatic rings. The van der Waals surface area contributed by atoms with Crippen LogP contribution in [0.2, 0.25) is 0 Å². The summed E-state index contributed by atoms with van der Waals surface area (Å²) in [6.07, 6.45) is 0. The van der Waals surface area contributed by atoms with Crippen molar-refractivity contribution in [3.63, 3.8) is 0 Å².